The minimum Gasteiger partial charge on any atom is -0.355 e. The van der Waals surface area contributed by atoms with E-state index in [0.717, 1.165) is 17.2 Å². The van der Waals surface area contributed by atoms with Gasteiger partial charge in [0.1, 0.15) is 0 Å². The lowest BCUT2D eigenvalue weighted by molar-refractivity contribution is -0.120. The van der Waals surface area contributed by atoms with Gasteiger partial charge in [0, 0.05) is 42.0 Å². The summed E-state index contributed by atoms with van der Waals surface area (Å²) in [6, 6.07) is 11.9. The second-order valence-corrected chi connectivity index (χ2v) is 11.4. The molecule has 0 saturated carbocycles. The number of hydrogen-bond donors (Lipinski definition) is 2. The van der Waals surface area contributed by atoms with Crippen molar-refractivity contribution >= 4 is 43.9 Å². The molecule has 1 aliphatic heterocycles. The number of carbonyl (C=O) groups excluding carboxylic acids is 1. The topological polar surface area (TPSA) is 135 Å². The van der Waals surface area contributed by atoms with Gasteiger partial charge in [0.15, 0.2) is 16.8 Å². The van der Waals surface area contributed by atoms with Crippen LogP contribution in [0.3, 0.4) is 0 Å². The molecule has 0 bridgehead atoms. The summed E-state index contributed by atoms with van der Waals surface area (Å²) in [5.74, 6) is 1.21. The summed E-state index contributed by atoms with van der Waals surface area (Å²) < 4.78 is 29.2. The lowest BCUT2D eigenvalue weighted by Gasteiger charge is -2.31. The molecule has 13 heteroatoms. The van der Waals surface area contributed by atoms with Gasteiger partial charge >= 0.3 is 0 Å². The highest BCUT2D eigenvalue weighted by Gasteiger charge is 2.26. The van der Waals surface area contributed by atoms with Crippen LogP contribution in [0.4, 0.5) is 16.6 Å². The van der Waals surface area contributed by atoms with Crippen molar-refractivity contribution in [2.75, 3.05) is 28.0 Å². The number of aryl methyl sites for hydroxylation is 2. The maximum Gasteiger partial charge on any atom is 0.263 e. The quantitative estimate of drug-likeness (QED) is 0.366. The molecule has 0 spiro atoms. The van der Waals surface area contributed by atoms with Crippen molar-refractivity contribution in [1.82, 2.24) is 25.0 Å². The molecule has 1 aliphatic rings. The molecule has 0 aliphatic carbocycles. The molecule has 1 saturated heterocycles. The van der Waals surface area contributed by atoms with Gasteiger partial charge in [-0.3, -0.25) is 9.52 Å². The molecular formula is C24H26N8O3S2. The van der Waals surface area contributed by atoms with E-state index in [9.17, 15) is 13.2 Å². The summed E-state index contributed by atoms with van der Waals surface area (Å²) >= 11 is 1.20. The van der Waals surface area contributed by atoms with E-state index in [1.54, 1.807) is 22.2 Å². The zero-order valence-electron chi connectivity index (χ0n) is 20.3. The molecule has 192 valence electrons. The molecule has 0 atom stereocenters. The lowest BCUT2D eigenvalue weighted by Crippen LogP contribution is -2.38. The Bertz CT molecular complexity index is 1480. The van der Waals surface area contributed by atoms with E-state index >= 15 is 0 Å². The van der Waals surface area contributed by atoms with Gasteiger partial charge in [-0.2, -0.15) is 5.10 Å². The zero-order valence-corrected chi connectivity index (χ0v) is 22.0. The minimum atomic E-state index is -3.74. The fraction of sp³-hybridized carbons (Fsp3) is 0.292. The second-order valence-electron chi connectivity index (χ2n) is 8.81. The summed E-state index contributed by atoms with van der Waals surface area (Å²) in [5.41, 5.74) is 2.47. The number of aromatic nitrogens is 5. The van der Waals surface area contributed by atoms with E-state index in [0.29, 0.717) is 42.6 Å². The first-order chi connectivity index (χ1) is 17.8. The Balaban J connectivity index is 1.15. The molecule has 4 heterocycles. The average Bonchev–Trinajstić information content (AvgIpc) is 3.52. The van der Waals surface area contributed by atoms with Gasteiger partial charge in [-0.05, 0) is 69.2 Å². The van der Waals surface area contributed by atoms with Crippen LogP contribution in [0.1, 0.15) is 24.2 Å². The molecule has 1 amide bonds. The van der Waals surface area contributed by atoms with E-state index in [1.165, 1.54) is 29.7 Å². The first-order valence-corrected chi connectivity index (χ1v) is 14.1. The molecule has 5 rings (SSSR count). The SMILES string of the molecule is Cc1cc(C)n(-c2ccc(N3CCC(C(=O)Nc4ccc(S(=O)(=O)Nc5nccs5)cc4)CC3)nn2)n1. The molecular weight excluding hydrogens is 512 g/mol. The lowest BCUT2D eigenvalue weighted by atomic mass is 9.96. The monoisotopic (exact) mass is 538 g/mol. The van der Waals surface area contributed by atoms with Crippen LogP contribution in [0.2, 0.25) is 0 Å². The summed E-state index contributed by atoms with van der Waals surface area (Å²) in [6.07, 6.45) is 2.88. The normalized spacial score (nSPS) is 14.5. The summed E-state index contributed by atoms with van der Waals surface area (Å²) in [7, 11) is -3.74. The van der Waals surface area contributed by atoms with Gasteiger partial charge in [0.05, 0.1) is 10.6 Å². The van der Waals surface area contributed by atoms with Gasteiger partial charge in [0.2, 0.25) is 5.91 Å². The largest absolute Gasteiger partial charge is 0.355 e. The van der Waals surface area contributed by atoms with E-state index in [1.807, 2.05) is 32.0 Å². The van der Waals surface area contributed by atoms with Crippen molar-refractivity contribution in [2.24, 2.45) is 5.92 Å². The smallest absolute Gasteiger partial charge is 0.263 e. The highest BCUT2D eigenvalue weighted by molar-refractivity contribution is 7.93. The second kappa shape index (κ2) is 10.3. The number of rotatable bonds is 7. The number of nitrogens with one attached hydrogen (secondary N) is 2. The molecule has 0 unspecified atom stereocenters. The van der Waals surface area contributed by atoms with Gasteiger partial charge in [-0.25, -0.2) is 18.1 Å². The first kappa shape index (κ1) is 24.8. The van der Waals surface area contributed by atoms with Crippen molar-refractivity contribution in [1.29, 1.82) is 0 Å². The number of nitrogens with zero attached hydrogens (tertiary/aromatic N) is 6. The maximum absolute atomic E-state index is 12.8. The van der Waals surface area contributed by atoms with Crippen LogP contribution < -0.4 is 14.9 Å². The van der Waals surface area contributed by atoms with Gasteiger partial charge in [-0.15, -0.1) is 21.5 Å². The Morgan fingerprint density at radius 2 is 1.73 bits per heavy atom. The minimum absolute atomic E-state index is 0.0814. The number of anilines is 3. The molecule has 4 aromatic rings. The Morgan fingerprint density at radius 3 is 2.32 bits per heavy atom. The Kier molecular flexibility index (Phi) is 6.89. The number of carbonyl (C=O) groups is 1. The van der Waals surface area contributed by atoms with Crippen molar-refractivity contribution in [2.45, 2.75) is 31.6 Å². The number of piperidine rings is 1. The number of hydrogen-bond acceptors (Lipinski definition) is 9. The average molecular weight is 539 g/mol. The predicted molar refractivity (Wildman–Crippen MR) is 142 cm³/mol. The fourth-order valence-electron chi connectivity index (χ4n) is 4.24. The molecule has 1 fully saturated rings. The third kappa shape index (κ3) is 5.62. The van der Waals surface area contributed by atoms with E-state index in [-0.39, 0.29) is 16.7 Å². The van der Waals surface area contributed by atoms with Crippen molar-refractivity contribution in [3.8, 4) is 5.82 Å². The van der Waals surface area contributed by atoms with Crippen molar-refractivity contribution in [3.05, 3.63) is 65.4 Å². The Hall–Kier alpha value is -3.84. The van der Waals surface area contributed by atoms with E-state index in [4.69, 9.17) is 0 Å². The Labute approximate surface area is 218 Å². The predicted octanol–water partition coefficient (Wildman–Crippen LogP) is 3.39. The molecule has 37 heavy (non-hydrogen) atoms. The number of thiazole rings is 1. The number of benzene rings is 1. The third-order valence-corrected chi connectivity index (χ3v) is 8.31. The van der Waals surface area contributed by atoms with Crippen LogP contribution in [-0.4, -0.2) is 52.4 Å². The van der Waals surface area contributed by atoms with E-state index in [2.05, 4.69) is 35.2 Å². The van der Waals surface area contributed by atoms with Crippen molar-refractivity contribution < 1.29 is 13.2 Å². The van der Waals surface area contributed by atoms with Crippen LogP contribution in [-0.2, 0) is 14.8 Å². The number of sulfonamides is 1. The standard InChI is InChI=1S/C24H26N8O3S2/c1-16-15-17(2)32(29-16)22-8-7-21(27-28-22)31-12-9-18(10-13-31)23(33)26-19-3-5-20(6-4-19)37(34,35)30-24-25-11-14-36-24/h3-8,11,14-15,18H,9-10,12-13H2,1-2H3,(H,25,30)(H,26,33). The molecule has 11 nitrogen and oxygen atoms in total. The molecule has 1 aromatic carbocycles. The zero-order chi connectivity index (χ0) is 26.0. The third-order valence-electron chi connectivity index (χ3n) is 6.14. The highest BCUT2D eigenvalue weighted by Crippen LogP contribution is 2.24. The van der Waals surface area contributed by atoms with Crippen LogP contribution in [0.15, 0.2) is 58.9 Å². The van der Waals surface area contributed by atoms with Crippen LogP contribution in [0.5, 0.6) is 0 Å². The van der Waals surface area contributed by atoms with Crippen LogP contribution in [0, 0.1) is 19.8 Å². The van der Waals surface area contributed by atoms with Gasteiger partial charge in [-0.1, -0.05) is 0 Å². The number of amides is 1. The van der Waals surface area contributed by atoms with Crippen LogP contribution in [0.25, 0.3) is 5.82 Å². The Morgan fingerprint density at radius 1 is 1.03 bits per heavy atom. The molecule has 2 N–H and O–H groups in total. The van der Waals surface area contributed by atoms with Crippen LogP contribution >= 0.6 is 11.3 Å². The molecule has 0 radical (unpaired) electrons. The first-order valence-electron chi connectivity index (χ1n) is 11.7. The maximum atomic E-state index is 12.8. The van der Waals surface area contributed by atoms with E-state index < -0.39 is 10.0 Å². The fourth-order valence-corrected chi connectivity index (χ4v) is 6.03. The highest BCUT2D eigenvalue weighted by atomic mass is 32.2. The summed E-state index contributed by atoms with van der Waals surface area (Å²) in [4.78, 5) is 19.0. The van der Waals surface area contributed by atoms with Gasteiger partial charge in [0.25, 0.3) is 10.0 Å². The summed E-state index contributed by atoms with van der Waals surface area (Å²) in [5, 5.41) is 18.0. The van der Waals surface area contributed by atoms with Gasteiger partial charge < -0.3 is 10.2 Å². The van der Waals surface area contributed by atoms with Crippen molar-refractivity contribution in [3.63, 3.8) is 0 Å². The molecule has 3 aromatic heterocycles. The summed E-state index contributed by atoms with van der Waals surface area (Å²) in [6.45, 7) is 5.29.